The number of hydrogen-bond donors (Lipinski definition) is 3. The van der Waals surface area contributed by atoms with Crippen LogP contribution in [0.1, 0.15) is 51.2 Å². The fourth-order valence-electron chi connectivity index (χ4n) is 6.98. The molecule has 2 bridgehead atoms. The second kappa shape index (κ2) is 11.4. The Morgan fingerprint density at radius 1 is 1.18 bits per heavy atom. The van der Waals surface area contributed by atoms with Crippen molar-refractivity contribution >= 4 is 29.8 Å². The van der Waals surface area contributed by atoms with E-state index in [1.54, 1.807) is 6.08 Å². The molecule has 4 aliphatic rings. The molecule has 1 spiro atoms. The molecular formula is C30H36N2O12. The first-order valence-corrected chi connectivity index (χ1v) is 14.3. The van der Waals surface area contributed by atoms with Crippen LogP contribution >= 0.6 is 0 Å². The van der Waals surface area contributed by atoms with E-state index in [0.29, 0.717) is 30.9 Å². The summed E-state index contributed by atoms with van der Waals surface area (Å²) in [7, 11) is 3.50. The Bertz CT molecular complexity index is 1440. The lowest BCUT2D eigenvalue weighted by molar-refractivity contribution is -0.177. The summed E-state index contributed by atoms with van der Waals surface area (Å²) < 4.78 is 27.9. The number of nitrogens with zero attached hydrogens (tertiary/aromatic N) is 1. The highest BCUT2D eigenvalue weighted by Crippen LogP contribution is 2.65. The van der Waals surface area contributed by atoms with Crippen molar-refractivity contribution in [2.24, 2.45) is 0 Å². The van der Waals surface area contributed by atoms with Crippen LogP contribution in [0, 0.1) is 0 Å². The number of carbonyl (C=O) groups is 5. The van der Waals surface area contributed by atoms with E-state index < -0.39 is 71.6 Å². The third-order valence-corrected chi connectivity index (χ3v) is 9.10. The van der Waals surface area contributed by atoms with Crippen LogP contribution in [0.5, 0.6) is 11.5 Å². The Morgan fingerprint density at radius 3 is 2.57 bits per heavy atom. The third kappa shape index (κ3) is 4.95. The van der Waals surface area contributed by atoms with Gasteiger partial charge in [-0.15, -0.1) is 0 Å². The summed E-state index contributed by atoms with van der Waals surface area (Å²) in [6, 6.07) is 2.34. The van der Waals surface area contributed by atoms with Gasteiger partial charge in [0.2, 0.25) is 6.10 Å². The number of carboxylic acid groups (broad SMARTS) is 1. The van der Waals surface area contributed by atoms with Gasteiger partial charge >= 0.3 is 23.9 Å². The molecular weight excluding hydrogens is 580 g/mol. The number of benzene rings is 1. The molecule has 1 fully saturated rings. The van der Waals surface area contributed by atoms with Gasteiger partial charge in [0.25, 0.3) is 5.91 Å². The number of esters is 3. The minimum atomic E-state index is -1.75. The molecule has 2 heterocycles. The largest absolute Gasteiger partial charge is 0.493 e. The Balaban J connectivity index is 1.36. The zero-order valence-electron chi connectivity index (χ0n) is 25.1. The van der Waals surface area contributed by atoms with Crippen molar-refractivity contribution in [3.63, 3.8) is 0 Å². The van der Waals surface area contributed by atoms with Crippen LogP contribution in [-0.4, -0.2) is 102 Å². The fourth-order valence-corrected chi connectivity index (χ4v) is 6.98. The molecule has 1 aromatic rings. The molecule has 7 atom stereocenters. The molecule has 44 heavy (non-hydrogen) atoms. The average Bonchev–Trinajstić information content (AvgIpc) is 3.31. The van der Waals surface area contributed by atoms with Gasteiger partial charge in [0.05, 0.1) is 24.5 Å². The maximum atomic E-state index is 13.2. The van der Waals surface area contributed by atoms with Crippen LogP contribution in [0.4, 0.5) is 0 Å². The Labute approximate surface area is 253 Å². The maximum Gasteiger partial charge on any atom is 0.348 e. The quantitative estimate of drug-likeness (QED) is 0.242. The molecule has 1 saturated heterocycles. The SMILES string of the molecule is COc1ccc2c3c1O[C@H]1C(OC(=O)CC(OC(C)=O)C(=O)OC(C)C(=O)NC(C)C(=O)O)=CC[C@@]4(O)[C@@H](C2)N(C)CC[C@]314. The van der Waals surface area contributed by atoms with E-state index in [0.717, 1.165) is 18.1 Å². The number of piperidine rings is 1. The van der Waals surface area contributed by atoms with E-state index in [4.69, 9.17) is 28.8 Å². The van der Waals surface area contributed by atoms with Gasteiger partial charge < -0.3 is 44.1 Å². The summed E-state index contributed by atoms with van der Waals surface area (Å²) in [6.45, 7) is 4.14. The van der Waals surface area contributed by atoms with Gasteiger partial charge in [-0.3, -0.25) is 19.2 Å². The van der Waals surface area contributed by atoms with Gasteiger partial charge in [0.15, 0.2) is 23.7 Å². The highest BCUT2D eigenvalue weighted by molar-refractivity contribution is 5.89. The minimum Gasteiger partial charge on any atom is -0.493 e. The fraction of sp³-hybridized carbons (Fsp3) is 0.567. The van der Waals surface area contributed by atoms with Crippen molar-refractivity contribution in [1.29, 1.82) is 0 Å². The van der Waals surface area contributed by atoms with Gasteiger partial charge in [0, 0.05) is 24.9 Å². The van der Waals surface area contributed by atoms with Gasteiger partial charge in [-0.2, -0.15) is 0 Å². The number of aliphatic hydroxyl groups is 1. The number of likely N-dealkylation sites (N-methyl/N-ethyl adjacent to an activating group) is 1. The first kappa shape index (κ1) is 31.3. The molecule has 0 saturated carbocycles. The van der Waals surface area contributed by atoms with E-state index in [-0.39, 0.29) is 18.2 Å². The molecule has 1 amide bonds. The predicted octanol–water partition coefficient (Wildman–Crippen LogP) is 0.359. The number of ether oxygens (including phenoxy) is 5. The van der Waals surface area contributed by atoms with Gasteiger partial charge in [0.1, 0.15) is 11.8 Å². The smallest absolute Gasteiger partial charge is 0.348 e. The van der Waals surface area contributed by atoms with E-state index in [1.807, 2.05) is 19.2 Å². The zero-order chi connectivity index (χ0) is 32.1. The van der Waals surface area contributed by atoms with Crippen LogP contribution in [0.2, 0.25) is 0 Å². The number of nitrogens with one attached hydrogen (secondary N) is 1. The van der Waals surface area contributed by atoms with E-state index >= 15 is 0 Å². The van der Waals surface area contributed by atoms with Gasteiger partial charge in [-0.25, -0.2) is 4.79 Å². The van der Waals surface area contributed by atoms with Crippen molar-refractivity contribution in [2.45, 2.75) is 87.9 Å². The van der Waals surface area contributed by atoms with E-state index in [2.05, 4.69) is 10.2 Å². The molecule has 3 unspecified atom stereocenters. The minimum absolute atomic E-state index is 0.152. The third-order valence-electron chi connectivity index (χ3n) is 9.10. The Hall–Kier alpha value is -4.17. The van der Waals surface area contributed by atoms with Crippen LogP contribution in [0.15, 0.2) is 24.0 Å². The first-order valence-electron chi connectivity index (χ1n) is 14.3. The average molecular weight is 617 g/mol. The molecule has 0 aromatic heterocycles. The summed E-state index contributed by atoms with van der Waals surface area (Å²) in [6.07, 6.45) is -1.89. The normalized spacial score (nSPS) is 28.2. The van der Waals surface area contributed by atoms with Gasteiger partial charge in [-0.1, -0.05) is 6.07 Å². The van der Waals surface area contributed by atoms with Crippen molar-refractivity contribution < 1.29 is 57.9 Å². The number of methoxy groups -OCH3 is 1. The molecule has 0 radical (unpaired) electrons. The first-order chi connectivity index (χ1) is 20.7. The summed E-state index contributed by atoms with van der Waals surface area (Å²) in [5.74, 6) is -4.07. The van der Waals surface area contributed by atoms with Crippen molar-refractivity contribution in [3.05, 3.63) is 35.1 Å². The second-order valence-corrected chi connectivity index (χ2v) is 11.7. The number of likely N-dealkylation sites (tertiary alicyclic amines) is 1. The monoisotopic (exact) mass is 616 g/mol. The van der Waals surface area contributed by atoms with Crippen molar-refractivity contribution in [1.82, 2.24) is 10.2 Å². The topological polar surface area (TPSA) is 187 Å². The zero-order valence-corrected chi connectivity index (χ0v) is 25.1. The van der Waals surface area contributed by atoms with Crippen LogP contribution < -0.4 is 14.8 Å². The molecule has 1 aromatic carbocycles. The summed E-state index contributed by atoms with van der Waals surface area (Å²) in [4.78, 5) is 63.3. The van der Waals surface area contributed by atoms with Crippen molar-refractivity contribution in [2.75, 3.05) is 20.7 Å². The lowest BCUT2D eigenvalue weighted by Crippen LogP contribution is -2.74. The van der Waals surface area contributed by atoms with E-state index in [1.165, 1.54) is 21.0 Å². The number of amides is 1. The molecule has 3 N–H and O–H groups in total. The van der Waals surface area contributed by atoms with Crippen molar-refractivity contribution in [3.8, 4) is 11.5 Å². The van der Waals surface area contributed by atoms with Crippen LogP contribution in [0.3, 0.4) is 0 Å². The highest BCUT2D eigenvalue weighted by atomic mass is 16.6. The lowest BCUT2D eigenvalue weighted by Gasteiger charge is -2.61. The summed E-state index contributed by atoms with van der Waals surface area (Å²) in [5.41, 5.74) is -0.271. The summed E-state index contributed by atoms with van der Waals surface area (Å²) in [5, 5.41) is 23.4. The number of carboxylic acids is 1. The number of rotatable bonds is 10. The standard InChI is InChI=1S/C30H36N2O12/c1-14(27(36)37)31-26(35)15(2)41-28(38)20(42-16(3)33)13-22(34)43-19-8-9-30(39)21-12-17-6-7-18(40-5)24-23(17)29(30,25(19)44-24)10-11-32(21)4/h6-8,14-15,20-21,25,39H,9-13H2,1-5H3,(H,31,35)(H,36,37)/t14?,15?,20?,21-,25+,29+,30-/m1/s1. The lowest BCUT2D eigenvalue weighted by atomic mass is 9.50. The summed E-state index contributed by atoms with van der Waals surface area (Å²) >= 11 is 0. The highest BCUT2D eigenvalue weighted by Gasteiger charge is 2.72. The van der Waals surface area contributed by atoms with Crippen LogP contribution in [-0.2, 0) is 50.0 Å². The molecule has 2 aliphatic carbocycles. The molecule has 238 valence electrons. The predicted molar refractivity (Wildman–Crippen MR) is 149 cm³/mol. The molecule has 14 nitrogen and oxygen atoms in total. The van der Waals surface area contributed by atoms with E-state index in [9.17, 15) is 29.1 Å². The number of carbonyl (C=O) groups excluding carboxylic acids is 4. The van der Waals surface area contributed by atoms with Crippen LogP contribution in [0.25, 0.3) is 0 Å². The maximum absolute atomic E-state index is 13.2. The molecule has 2 aliphatic heterocycles. The number of hydrogen-bond acceptors (Lipinski definition) is 12. The second-order valence-electron chi connectivity index (χ2n) is 11.7. The van der Waals surface area contributed by atoms with Gasteiger partial charge in [-0.05, 0) is 58.0 Å². The molecule has 14 heteroatoms. The Kier molecular flexibility index (Phi) is 8.10. The molecule has 5 rings (SSSR count). The number of aliphatic carboxylic acids is 1. The Morgan fingerprint density at radius 2 is 1.91 bits per heavy atom.